The number of hydrogen-bond donors (Lipinski definition) is 0. The monoisotopic (exact) mass is 493 g/mol. The van der Waals surface area contributed by atoms with Gasteiger partial charge >= 0.3 is 6.18 Å². The van der Waals surface area contributed by atoms with Gasteiger partial charge < -0.3 is 4.90 Å². The van der Waals surface area contributed by atoms with Gasteiger partial charge in [-0.25, -0.2) is 0 Å². The maximum Gasteiger partial charge on any atom is 0.454 e. The predicted octanol–water partition coefficient (Wildman–Crippen LogP) is 8.03. The molecule has 2 rings (SSSR count). The van der Waals surface area contributed by atoms with Crippen LogP contribution in [0.15, 0.2) is 47.2 Å². The third-order valence-electron chi connectivity index (χ3n) is 7.00. The lowest BCUT2D eigenvalue weighted by Gasteiger charge is -2.23. The third kappa shape index (κ3) is 8.80. The van der Waals surface area contributed by atoms with Crippen LogP contribution in [0.4, 0.5) is 13.2 Å². The fraction of sp³-hybridized carbons (Fsp3) is 0.655. The standard InChI is InChI=1S/C29H42F3NO2/c1-4-6-16-23(27(34)24-18-11-7-8-12-19-24)17-13-9-10-14-20-33-21-26(28(35)29(30,31)32)25(15-5-2)22(33)3/h11,15,18-19,21-23H,4-10,12-14,16-17,20H2,1-3H3/b25-15+. The molecule has 0 N–H and O–H groups in total. The van der Waals surface area contributed by atoms with Crippen LogP contribution < -0.4 is 0 Å². The average molecular weight is 494 g/mol. The zero-order valence-corrected chi connectivity index (χ0v) is 21.6. The molecule has 2 atom stereocenters. The van der Waals surface area contributed by atoms with E-state index in [-0.39, 0.29) is 23.3 Å². The minimum atomic E-state index is -4.86. The van der Waals surface area contributed by atoms with Gasteiger partial charge in [-0.2, -0.15) is 13.2 Å². The Morgan fingerprint density at radius 2 is 1.80 bits per heavy atom. The molecule has 0 aromatic rings. The molecule has 1 aliphatic heterocycles. The molecule has 6 heteroatoms. The first-order chi connectivity index (χ1) is 16.7. The van der Waals surface area contributed by atoms with Crippen LogP contribution >= 0.6 is 0 Å². The number of alkyl halides is 3. The average Bonchev–Trinajstić information content (AvgIpc) is 2.99. The summed E-state index contributed by atoms with van der Waals surface area (Å²) in [6.07, 6.45) is 15.8. The van der Waals surface area contributed by atoms with Crippen molar-refractivity contribution >= 4 is 11.6 Å². The van der Waals surface area contributed by atoms with Crippen LogP contribution in [0.5, 0.6) is 0 Å². The quantitative estimate of drug-likeness (QED) is 0.230. The van der Waals surface area contributed by atoms with Crippen LogP contribution in [-0.4, -0.2) is 35.2 Å². The van der Waals surface area contributed by atoms with Crippen LogP contribution in [0.3, 0.4) is 0 Å². The maximum atomic E-state index is 13.1. The second-order valence-corrected chi connectivity index (χ2v) is 9.75. The normalized spacial score (nSPS) is 20.6. The highest BCUT2D eigenvalue weighted by Gasteiger charge is 2.44. The van der Waals surface area contributed by atoms with Crippen LogP contribution in [0.1, 0.15) is 97.8 Å². The van der Waals surface area contributed by atoms with E-state index in [4.69, 9.17) is 0 Å². The van der Waals surface area contributed by atoms with E-state index in [2.05, 4.69) is 19.1 Å². The molecule has 0 saturated carbocycles. The molecule has 0 saturated heterocycles. The Labute approximate surface area is 209 Å². The molecule has 2 aliphatic rings. The van der Waals surface area contributed by atoms with Crippen molar-refractivity contribution in [3.8, 4) is 0 Å². The van der Waals surface area contributed by atoms with Crippen molar-refractivity contribution in [2.75, 3.05) is 6.54 Å². The Hall–Kier alpha value is -2.11. The van der Waals surface area contributed by atoms with E-state index in [0.29, 0.717) is 18.5 Å². The largest absolute Gasteiger partial charge is 0.454 e. The molecule has 0 bridgehead atoms. The highest BCUT2D eigenvalue weighted by atomic mass is 19.4. The number of halogens is 3. The molecule has 2 unspecified atom stereocenters. The Morgan fingerprint density at radius 3 is 2.49 bits per heavy atom. The molecule has 196 valence electrons. The van der Waals surface area contributed by atoms with Gasteiger partial charge in [-0.05, 0) is 57.4 Å². The summed E-state index contributed by atoms with van der Waals surface area (Å²) in [5, 5.41) is 0. The molecule has 1 heterocycles. The molecule has 0 aromatic heterocycles. The maximum absolute atomic E-state index is 13.1. The van der Waals surface area contributed by atoms with Crippen LogP contribution in [0, 0.1) is 5.92 Å². The number of ketones is 2. The SMILES string of the molecule is CC/C=C1/C(C(=O)C(F)(F)F)=CN(CCCCCCC(CCCC)C(=O)C2=CCCCC=C2)C1C. The van der Waals surface area contributed by atoms with Gasteiger partial charge in [-0.1, -0.05) is 70.3 Å². The van der Waals surface area contributed by atoms with E-state index < -0.39 is 12.0 Å². The summed E-state index contributed by atoms with van der Waals surface area (Å²) < 4.78 is 39.1. The highest BCUT2D eigenvalue weighted by molar-refractivity contribution is 6.04. The van der Waals surface area contributed by atoms with Gasteiger partial charge in [0.25, 0.3) is 5.78 Å². The van der Waals surface area contributed by atoms with Gasteiger partial charge in [-0.3, -0.25) is 9.59 Å². The summed E-state index contributed by atoms with van der Waals surface area (Å²) in [5.41, 5.74) is 1.14. The van der Waals surface area contributed by atoms with E-state index in [9.17, 15) is 22.8 Å². The predicted molar refractivity (Wildman–Crippen MR) is 136 cm³/mol. The zero-order valence-electron chi connectivity index (χ0n) is 21.6. The molecule has 0 spiro atoms. The number of carbonyl (C=O) groups is 2. The minimum Gasteiger partial charge on any atom is -0.370 e. The molecule has 3 nitrogen and oxygen atoms in total. The van der Waals surface area contributed by atoms with Crippen molar-refractivity contribution in [3.05, 3.63) is 47.2 Å². The van der Waals surface area contributed by atoms with Gasteiger partial charge in [0, 0.05) is 29.8 Å². The number of allylic oxidation sites excluding steroid dienone is 5. The van der Waals surface area contributed by atoms with Crippen LogP contribution in [0.2, 0.25) is 0 Å². The lowest BCUT2D eigenvalue weighted by Crippen LogP contribution is -2.27. The smallest absolute Gasteiger partial charge is 0.370 e. The summed E-state index contributed by atoms with van der Waals surface area (Å²) in [6, 6.07) is -0.229. The van der Waals surface area contributed by atoms with Crippen LogP contribution in [-0.2, 0) is 9.59 Å². The van der Waals surface area contributed by atoms with E-state index in [1.807, 2.05) is 24.8 Å². The van der Waals surface area contributed by atoms with E-state index >= 15 is 0 Å². The van der Waals surface area contributed by atoms with Crippen molar-refractivity contribution in [2.45, 2.75) is 110 Å². The fourth-order valence-corrected chi connectivity index (χ4v) is 4.94. The topological polar surface area (TPSA) is 37.4 Å². The molecule has 0 amide bonds. The van der Waals surface area contributed by atoms with Crippen molar-refractivity contribution < 1.29 is 22.8 Å². The number of Topliss-reactive ketones (excluding diaryl/α,β-unsaturated/α-hetero) is 2. The number of unbranched alkanes of at least 4 members (excludes halogenated alkanes) is 4. The first-order valence-electron chi connectivity index (χ1n) is 13.4. The summed E-state index contributed by atoms with van der Waals surface area (Å²) in [7, 11) is 0. The van der Waals surface area contributed by atoms with Crippen molar-refractivity contribution in [2.24, 2.45) is 5.92 Å². The third-order valence-corrected chi connectivity index (χ3v) is 7.00. The lowest BCUT2D eigenvalue weighted by molar-refractivity contribution is -0.166. The van der Waals surface area contributed by atoms with Gasteiger partial charge in [0.05, 0.1) is 6.04 Å². The van der Waals surface area contributed by atoms with E-state index in [1.165, 1.54) is 6.20 Å². The summed E-state index contributed by atoms with van der Waals surface area (Å²) in [5.74, 6) is -1.40. The van der Waals surface area contributed by atoms with Gasteiger partial charge in [0.15, 0.2) is 5.78 Å². The summed E-state index contributed by atoms with van der Waals surface area (Å²) in [4.78, 5) is 26.8. The van der Waals surface area contributed by atoms with E-state index in [0.717, 1.165) is 76.2 Å². The lowest BCUT2D eigenvalue weighted by atomic mass is 9.87. The van der Waals surface area contributed by atoms with Gasteiger partial charge in [0.1, 0.15) is 0 Å². The van der Waals surface area contributed by atoms with E-state index in [1.54, 1.807) is 6.08 Å². The van der Waals surface area contributed by atoms with Crippen molar-refractivity contribution in [3.63, 3.8) is 0 Å². The van der Waals surface area contributed by atoms with Gasteiger partial charge in [0.2, 0.25) is 0 Å². The summed E-state index contributed by atoms with van der Waals surface area (Å²) in [6.45, 7) is 6.48. The number of carbonyl (C=O) groups excluding carboxylic acids is 2. The van der Waals surface area contributed by atoms with Crippen molar-refractivity contribution in [1.82, 2.24) is 4.90 Å². The molecule has 0 fully saturated rings. The van der Waals surface area contributed by atoms with Crippen LogP contribution in [0.25, 0.3) is 0 Å². The first-order valence-corrected chi connectivity index (χ1v) is 13.4. The highest BCUT2D eigenvalue weighted by Crippen LogP contribution is 2.34. The Bertz CT molecular complexity index is 835. The molecular weight excluding hydrogens is 451 g/mol. The Balaban J connectivity index is 1.85. The Morgan fingerprint density at radius 1 is 1.09 bits per heavy atom. The molecule has 35 heavy (non-hydrogen) atoms. The number of hydrogen-bond acceptors (Lipinski definition) is 3. The molecular formula is C29H42F3NO2. The first kappa shape index (κ1) is 29.1. The Kier molecular flexibility index (Phi) is 12.0. The second-order valence-electron chi connectivity index (χ2n) is 9.75. The minimum absolute atomic E-state index is 0.0724. The number of nitrogens with zero attached hydrogens (tertiary/aromatic N) is 1. The molecule has 1 aliphatic carbocycles. The van der Waals surface area contributed by atoms with Crippen molar-refractivity contribution in [1.29, 1.82) is 0 Å². The molecule has 0 aromatic carbocycles. The zero-order chi connectivity index (χ0) is 25.8. The fourth-order valence-electron chi connectivity index (χ4n) is 4.94. The van der Waals surface area contributed by atoms with Gasteiger partial charge in [-0.15, -0.1) is 0 Å². The second kappa shape index (κ2) is 14.4. The number of rotatable bonds is 14. The molecule has 0 radical (unpaired) electrons. The summed E-state index contributed by atoms with van der Waals surface area (Å²) >= 11 is 0.